The second-order valence-corrected chi connectivity index (χ2v) is 12.0. The van der Waals surface area contributed by atoms with Gasteiger partial charge in [0.15, 0.2) is 17.8 Å². The van der Waals surface area contributed by atoms with Crippen LogP contribution in [0.25, 0.3) is 28.0 Å². The van der Waals surface area contributed by atoms with E-state index in [-0.39, 0.29) is 64.5 Å². The molecule has 3 aromatic heterocycles. The van der Waals surface area contributed by atoms with E-state index in [9.17, 15) is 19.5 Å². The summed E-state index contributed by atoms with van der Waals surface area (Å²) in [6.45, 7) is 11.6. The molecular weight excluding hydrogens is 589 g/mol. The van der Waals surface area contributed by atoms with Crippen molar-refractivity contribution in [1.82, 2.24) is 29.4 Å². The van der Waals surface area contributed by atoms with E-state index in [2.05, 4.69) is 15.0 Å². The first-order chi connectivity index (χ1) is 20.8. The minimum absolute atomic E-state index is 0.00903. The lowest BCUT2D eigenvalue weighted by Crippen LogP contribution is -2.58. The lowest BCUT2D eigenvalue weighted by Gasteiger charge is -2.43. The topological polar surface area (TPSA) is 134 Å². The number of carboxylic acid groups (broad SMARTS) is 1. The molecular formula is C31H33ClFN7O4. The predicted octanol–water partition coefficient (Wildman–Crippen LogP) is 5.67. The number of amides is 1. The monoisotopic (exact) mass is 621 g/mol. The predicted molar refractivity (Wildman–Crippen MR) is 166 cm³/mol. The molecule has 0 radical (unpaired) electrons. The number of piperazine rings is 1. The van der Waals surface area contributed by atoms with Gasteiger partial charge in [0, 0.05) is 30.7 Å². The Morgan fingerprint density at radius 2 is 1.66 bits per heavy atom. The molecule has 1 N–H and O–H groups in total. The molecule has 1 aromatic carbocycles. The molecule has 5 rings (SSSR count). The van der Waals surface area contributed by atoms with Gasteiger partial charge in [-0.25, -0.2) is 33.5 Å². The summed E-state index contributed by atoms with van der Waals surface area (Å²) in [5, 5.41) is 10.2. The Kier molecular flexibility index (Phi) is 8.39. The zero-order chi connectivity index (χ0) is 32.0. The average Bonchev–Trinajstić information content (AvgIpc) is 2.97. The summed E-state index contributed by atoms with van der Waals surface area (Å²) in [6.07, 6.45) is -0.463. The van der Waals surface area contributed by atoms with Gasteiger partial charge in [-0.3, -0.25) is 4.79 Å². The molecule has 1 aliphatic rings. The SMILES string of the molecule is CC(C)c1nc(C=O)nc(C(C)C)c1-n1c(=O)nc(N2CC(C)N(C(=O)O)CC2C)c2cc(Cl)c(-c3ccccc3F)nc21. The molecule has 1 saturated heterocycles. The van der Waals surface area contributed by atoms with Gasteiger partial charge in [0.05, 0.1) is 33.2 Å². The normalized spacial score (nSPS) is 17.1. The van der Waals surface area contributed by atoms with Gasteiger partial charge in [-0.1, -0.05) is 51.4 Å². The highest BCUT2D eigenvalue weighted by molar-refractivity contribution is 6.33. The molecule has 0 bridgehead atoms. The number of hydrogen-bond acceptors (Lipinski definition) is 8. The highest BCUT2D eigenvalue weighted by atomic mass is 35.5. The number of nitrogens with zero attached hydrogens (tertiary/aromatic N) is 7. The average molecular weight is 622 g/mol. The molecule has 0 aliphatic carbocycles. The van der Waals surface area contributed by atoms with Crippen molar-refractivity contribution in [3.05, 3.63) is 68.9 Å². The molecule has 0 saturated carbocycles. The van der Waals surface area contributed by atoms with Gasteiger partial charge in [0.25, 0.3) is 0 Å². The van der Waals surface area contributed by atoms with E-state index in [0.29, 0.717) is 28.7 Å². The molecule has 1 aliphatic heterocycles. The van der Waals surface area contributed by atoms with Gasteiger partial charge in [0.1, 0.15) is 11.6 Å². The molecule has 4 heterocycles. The van der Waals surface area contributed by atoms with E-state index in [4.69, 9.17) is 16.6 Å². The Morgan fingerprint density at radius 1 is 1.02 bits per heavy atom. The summed E-state index contributed by atoms with van der Waals surface area (Å²) < 4.78 is 16.4. The van der Waals surface area contributed by atoms with Crippen LogP contribution in [0.2, 0.25) is 5.02 Å². The van der Waals surface area contributed by atoms with Crippen LogP contribution in [0.3, 0.4) is 0 Å². The number of pyridine rings is 1. The zero-order valence-electron chi connectivity index (χ0n) is 25.2. The largest absolute Gasteiger partial charge is 0.465 e. The third-order valence-corrected chi connectivity index (χ3v) is 8.10. The van der Waals surface area contributed by atoms with E-state index in [1.807, 2.05) is 39.5 Å². The zero-order valence-corrected chi connectivity index (χ0v) is 26.0. The van der Waals surface area contributed by atoms with Crippen LogP contribution in [0.5, 0.6) is 0 Å². The summed E-state index contributed by atoms with van der Waals surface area (Å²) >= 11 is 6.78. The Bertz CT molecular complexity index is 1820. The molecule has 4 aromatic rings. The van der Waals surface area contributed by atoms with Crippen molar-refractivity contribution in [3.63, 3.8) is 0 Å². The molecule has 1 fully saturated rings. The first kappa shape index (κ1) is 31.0. The minimum atomic E-state index is -1.03. The maximum absolute atomic E-state index is 15.1. The van der Waals surface area contributed by atoms with E-state index in [0.717, 1.165) is 0 Å². The summed E-state index contributed by atoms with van der Waals surface area (Å²) in [5.41, 5.74) is 0.982. The number of fused-ring (bicyclic) bond motifs is 1. The quantitative estimate of drug-likeness (QED) is 0.270. The number of carbonyl (C=O) groups is 2. The molecule has 2 unspecified atom stereocenters. The van der Waals surface area contributed by atoms with Crippen LogP contribution in [0, 0.1) is 5.82 Å². The number of aldehydes is 1. The molecule has 13 heteroatoms. The van der Waals surface area contributed by atoms with Crippen molar-refractivity contribution in [3.8, 4) is 16.9 Å². The van der Waals surface area contributed by atoms with E-state index in [1.165, 1.54) is 15.5 Å². The van der Waals surface area contributed by atoms with Gasteiger partial charge >= 0.3 is 11.8 Å². The Hall–Kier alpha value is -4.45. The highest BCUT2D eigenvalue weighted by Crippen LogP contribution is 2.37. The smallest absolute Gasteiger partial charge is 0.407 e. The first-order valence-electron chi connectivity index (χ1n) is 14.4. The Balaban J connectivity index is 1.90. The number of rotatable bonds is 6. The van der Waals surface area contributed by atoms with Crippen molar-refractivity contribution in [2.24, 2.45) is 0 Å². The first-order valence-corrected chi connectivity index (χ1v) is 14.7. The number of halogens is 2. The van der Waals surface area contributed by atoms with Crippen LogP contribution in [0.1, 0.15) is 75.4 Å². The number of hydrogen-bond donors (Lipinski definition) is 1. The molecule has 1 amide bonds. The number of aromatic nitrogens is 5. The van der Waals surface area contributed by atoms with Crippen molar-refractivity contribution >= 4 is 40.8 Å². The standard InChI is InChI=1S/C31H33ClFN7O4/c1-15(2)24-27(25(16(3)4)35-23(14-41)34-24)40-29-20(11-21(32)26(36-29)19-9-7-8-10-22(19)33)28(37-30(40)42)38-12-18(6)39(31(43)44)13-17(38)5/h7-11,14-18H,12-13H2,1-6H3,(H,43,44). The van der Waals surface area contributed by atoms with Gasteiger partial charge in [-0.15, -0.1) is 0 Å². The number of benzene rings is 1. The third kappa shape index (κ3) is 5.38. The third-order valence-electron chi connectivity index (χ3n) is 7.81. The summed E-state index contributed by atoms with van der Waals surface area (Å²) in [5.74, 6) is -0.725. The minimum Gasteiger partial charge on any atom is -0.465 e. The van der Waals surface area contributed by atoms with Crippen LogP contribution in [0.15, 0.2) is 35.1 Å². The molecule has 44 heavy (non-hydrogen) atoms. The fraction of sp³-hybridized carbons (Fsp3) is 0.387. The maximum atomic E-state index is 15.1. The fourth-order valence-corrected chi connectivity index (χ4v) is 5.91. The Labute approximate surface area is 258 Å². The van der Waals surface area contributed by atoms with Crippen molar-refractivity contribution in [1.29, 1.82) is 0 Å². The van der Waals surface area contributed by atoms with Crippen molar-refractivity contribution in [2.45, 2.75) is 65.5 Å². The number of anilines is 1. The van der Waals surface area contributed by atoms with Crippen molar-refractivity contribution in [2.75, 3.05) is 18.0 Å². The maximum Gasteiger partial charge on any atom is 0.407 e. The lowest BCUT2D eigenvalue weighted by molar-refractivity contribution is 0.111. The summed E-state index contributed by atoms with van der Waals surface area (Å²) in [4.78, 5) is 59.4. The molecule has 230 valence electrons. The summed E-state index contributed by atoms with van der Waals surface area (Å²) in [7, 11) is 0. The lowest BCUT2D eigenvalue weighted by atomic mass is 10.0. The summed E-state index contributed by atoms with van der Waals surface area (Å²) in [6, 6.07) is 6.94. The molecule has 11 nitrogen and oxygen atoms in total. The Morgan fingerprint density at radius 3 is 2.23 bits per heavy atom. The van der Waals surface area contributed by atoms with E-state index >= 15 is 4.39 Å². The van der Waals surface area contributed by atoms with Crippen LogP contribution in [0.4, 0.5) is 15.0 Å². The van der Waals surface area contributed by atoms with Crippen LogP contribution >= 0.6 is 11.6 Å². The van der Waals surface area contributed by atoms with Gasteiger partial charge in [-0.05, 0) is 43.9 Å². The van der Waals surface area contributed by atoms with E-state index < -0.39 is 23.6 Å². The van der Waals surface area contributed by atoms with Gasteiger partial charge < -0.3 is 14.9 Å². The molecule has 2 atom stereocenters. The van der Waals surface area contributed by atoms with E-state index in [1.54, 1.807) is 31.2 Å². The highest BCUT2D eigenvalue weighted by Gasteiger charge is 2.35. The van der Waals surface area contributed by atoms with Crippen LogP contribution < -0.4 is 10.6 Å². The van der Waals surface area contributed by atoms with Gasteiger partial charge in [0.2, 0.25) is 0 Å². The second-order valence-electron chi connectivity index (χ2n) is 11.6. The number of carbonyl (C=O) groups excluding carboxylic acids is 1. The van der Waals surface area contributed by atoms with Crippen molar-refractivity contribution < 1.29 is 19.1 Å². The fourth-order valence-electron chi connectivity index (χ4n) is 5.65. The molecule has 0 spiro atoms. The van der Waals surface area contributed by atoms with Gasteiger partial charge in [-0.2, -0.15) is 4.98 Å². The van der Waals surface area contributed by atoms with Crippen LogP contribution in [-0.2, 0) is 0 Å². The second kappa shape index (κ2) is 11.9. The van der Waals surface area contributed by atoms with Crippen LogP contribution in [-0.4, -0.2) is 72.1 Å².